The molecule has 23 heavy (non-hydrogen) atoms. The Labute approximate surface area is 159 Å². The Hall–Kier alpha value is -0.640. The highest BCUT2D eigenvalue weighted by Gasteiger charge is 2.34. The molecule has 2 heterocycles. The van der Waals surface area contributed by atoms with Gasteiger partial charge in [0.1, 0.15) is 5.82 Å². The van der Waals surface area contributed by atoms with Crippen LogP contribution < -0.4 is 10.2 Å². The highest BCUT2D eigenvalue weighted by atomic mass is 127. The van der Waals surface area contributed by atoms with Gasteiger partial charge in [0.15, 0.2) is 5.96 Å². The minimum atomic E-state index is 0. The van der Waals surface area contributed by atoms with Gasteiger partial charge in [0.2, 0.25) is 5.13 Å². The van der Waals surface area contributed by atoms with Gasteiger partial charge in [-0.15, -0.1) is 24.0 Å². The predicted octanol–water partition coefficient (Wildman–Crippen LogP) is 2.21. The van der Waals surface area contributed by atoms with Crippen molar-refractivity contribution in [1.29, 1.82) is 0 Å². The first-order valence-corrected chi connectivity index (χ1v) is 9.12. The summed E-state index contributed by atoms with van der Waals surface area (Å²) in [5, 5.41) is 4.68. The molecule has 0 bridgehead atoms. The van der Waals surface area contributed by atoms with E-state index in [2.05, 4.69) is 50.2 Å². The van der Waals surface area contributed by atoms with Crippen molar-refractivity contribution in [2.45, 2.75) is 39.7 Å². The van der Waals surface area contributed by atoms with Gasteiger partial charge in [-0.1, -0.05) is 13.8 Å². The smallest absolute Gasteiger partial charge is 0.205 e. The number of halogens is 1. The Bertz CT molecular complexity index is 526. The highest BCUT2D eigenvalue weighted by molar-refractivity contribution is 14.0. The molecule has 1 aromatic heterocycles. The molecule has 0 radical (unpaired) electrons. The molecule has 2 atom stereocenters. The fourth-order valence-corrected chi connectivity index (χ4v) is 3.50. The van der Waals surface area contributed by atoms with Gasteiger partial charge >= 0.3 is 0 Å². The van der Waals surface area contributed by atoms with E-state index in [0.717, 1.165) is 62.0 Å². The lowest BCUT2D eigenvalue weighted by atomic mass is 10.3. The van der Waals surface area contributed by atoms with Gasteiger partial charge in [-0.25, -0.2) is 4.98 Å². The molecule has 1 N–H and O–H groups in total. The van der Waals surface area contributed by atoms with Crippen LogP contribution in [0.4, 0.5) is 5.13 Å². The largest absolute Gasteiger partial charge is 0.353 e. The van der Waals surface area contributed by atoms with Gasteiger partial charge in [0.25, 0.3) is 0 Å². The van der Waals surface area contributed by atoms with Crippen LogP contribution in [0.25, 0.3) is 0 Å². The van der Waals surface area contributed by atoms with Crippen molar-refractivity contribution in [2.24, 2.45) is 10.9 Å². The van der Waals surface area contributed by atoms with E-state index in [-0.39, 0.29) is 24.0 Å². The second-order valence-electron chi connectivity index (χ2n) is 6.08. The molecule has 1 saturated carbocycles. The van der Waals surface area contributed by atoms with Gasteiger partial charge in [0.05, 0.1) is 0 Å². The summed E-state index contributed by atoms with van der Waals surface area (Å²) in [5.41, 5.74) is 0. The number of rotatable bonds is 4. The number of guanidine groups is 1. The first-order valence-electron chi connectivity index (χ1n) is 8.34. The highest BCUT2D eigenvalue weighted by Crippen LogP contribution is 2.29. The number of nitrogens with zero attached hydrogens (tertiary/aromatic N) is 5. The summed E-state index contributed by atoms with van der Waals surface area (Å²) < 4.78 is 4.39. The van der Waals surface area contributed by atoms with Crippen LogP contribution in [0.2, 0.25) is 0 Å². The van der Waals surface area contributed by atoms with E-state index in [9.17, 15) is 0 Å². The van der Waals surface area contributed by atoms with E-state index in [1.807, 2.05) is 0 Å². The Morgan fingerprint density at radius 3 is 2.52 bits per heavy atom. The Morgan fingerprint density at radius 1 is 1.30 bits per heavy atom. The molecule has 2 fully saturated rings. The number of aromatic nitrogens is 2. The standard InChI is InChI=1S/C15H26N6S.HI/c1-4-13-18-15(22-19-13)21-8-6-20(7-9-21)14(16-5-2)17-12-10-11(12)3;/h11-12H,4-10H2,1-3H3,(H,16,17);1H. The molecule has 1 saturated heterocycles. The van der Waals surface area contributed by atoms with E-state index in [1.54, 1.807) is 0 Å². The van der Waals surface area contributed by atoms with E-state index in [1.165, 1.54) is 18.0 Å². The van der Waals surface area contributed by atoms with Crippen LogP contribution in [0.1, 0.15) is 33.0 Å². The zero-order chi connectivity index (χ0) is 15.5. The predicted molar refractivity (Wildman–Crippen MR) is 107 cm³/mol. The molecule has 6 nitrogen and oxygen atoms in total. The van der Waals surface area contributed by atoms with E-state index in [4.69, 9.17) is 0 Å². The Kier molecular flexibility index (Phi) is 6.87. The van der Waals surface area contributed by atoms with Crippen LogP contribution >= 0.6 is 35.5 Å². The van der Waals surface area contributed by atoms with Gasteiger partial charge in [-0.05, 0) is 19.3 Å². The Balaban J connectivity index is 0.00000192. The average molecular weight is 450 g/mol. The number of hydrogen-bond acceptors (Lipinski definition) is 5. The van der Waals surface area contributed by atoms with Crippen molar-refractivity contribution in [2.75, 3.05) is 37.6 Å². The summed E-state index contributed by atoms with van der Waals surface area (Å²) in [5.74, 6) is 2.83. The molecule has 0 amide bonds. The molecule has 130 valence electrons. The Morgan fingerprint density at radius 2 is 2.00 bits per heavy atom. The van der Waals surface area contributed by atoms with Crippen molar-refractivity contribution in [1.82, 2.24) is 19.6 Å². The second-order valence-corrected chi connectivity index (χ2v) is 6.81. The molecule has 2 unspecified atom stereocenters. The molecule has 2 aliphatic rings. The summed E-state index contributed by atoms with van der Waals surface area (Å²) in [6, 6.07) is 0.624. The summed E-state index contributed by atoms with van der Waals surface area (Å²) in [6.45, 7) is 11.3. The van der Waals surface area contributed by atoms with Crippen molar-refractivity contribution in [3.8, 4) is 0 Å². The lowest BCUT2D eigenvalue weighted by Crippen LogP contribution is -2.53. The van der Waals surface area contributed by atoms with E-state index in [0.29, 0.717) is 6.04 Å². The molecule has 1 aliphatic carbocycles. The van der Waals surface area contributed by atoms with Crippen LogP contribution in [0, 0.1) is 5.92 Å². The van der Waals surface area contributed by atoms with Gasteiger partial charge in [0, 0.05) is 56.7 Å². The lowest BCUT2D eigenvalue weighted by Gasteiger charge is -2.36. The van der Waals surface area contributed by atoms with Crippen LogP contribution in [0.3, 0.4) is 0 Å². The number of aliphatic imine (C=N–C) groups is 1. The number of piperazine rings is 1. The monoisotopic (exact) mass is 450 g/mol. The van der Waals surface area contributed by atoms with Crippen molar-refractivity contribution < 1.29 is 0 Å². The summed E-state index contributed by atoms with van der Waals surface area (Å²) in [6.07, 6.45) is 2.18. The third-order valence-electron chi connectivity index (χ3n) is 4.36. The fraction of sp³-hybridized carbons (Fsp3) is 0.800. The molecule has 3 rings (SSSR count). The van der Waals surface area contributed by atoms with Crippen molar-refractivity contribution >= 4 is 46.6 Å². The van der Waals surface area contributed by atoms with Crippen LogP contribution in [0.15, 0.2) is 4.99 Å². The lowest BCUT2D eigenvalue weighted by molar-refractivity contribution is 0.370. The number of nitrogens with one attached hydrogen (secondary N) is 1. The maximum atomic E-state index is 4.67. The van der Waals surface area contributed by atoms with E-state index >= 15 is 0 Å². The third-order valence-corrected chi connectivity index (χ3v) is 5.17. The topological polar surface area (TPSA) is 56.7 Å². The number of aryl methyl sites for hydroxylation is 1. The minimum absolute atomic E-state index is 0. The van der Waals surface area contributed by atoms with Crippen molar-refractivity contribution in [3.63, 3.8) is 0 Å². The van der Waals surface area contributed by atoms with Gasteiger partial charge in [-0.3, -0.25) is 4.99 Å². The molecule has 8 heteroatoms. The summed E-state index contributed by atoms with van der Waals surface area (Å²) in [4.78, 5) is 14.0. The minimum Gasteiger partial charge on any atom is -0.353 e. The van der Waals surface area contributed by atoms with Crippen molar-refractivity contribution in [3.05, 3.63) is 5.82 Å². The van der Waals surface area contributed by atoms with Crippen LogP contribution in [-0.2, 0) is 6.42 Å². The first-order chi connectivity index (χ1) is 10.7. The second kappa shape index (κ2) is 8.46. The maximum absolute atomic E-state index is 4.67. The van der Waals surface area contributed by atoms with Crippen LogP contribution in [-0.4, -0.2) is 59.0 Å². The average Bonchev–Trinajstić information content (AvgIpc) is 3.04. The molecule has 1 aromatic rings. The zero-order valence-electron chi connectivity index (χ0n) is 14.2. The normalized spacial score (nSPS) is 24.4. The quantitative estimate of drug-likeness (QED) is 0.433. The zero-order valence-corrected chi connectivity index (χ0v) is 17.3. The molecular formula is C15H27IN6S. The molecule has 0 aromatic carbocycles. The molecule has 0 spiro atoms. The number of anilines is 1. The SMILES string of the molecule is CCN=C(NC1CC1C)N1CCN(c2nc(CC)ns2)CC1.I. The maximum Gasteiger partial charge on any atom is 0.205 e. The van der Waals surface area contributed by atoms with E-state index < -0.39 is 0 Å². The fourth-order valence-electron chi connectivity index (χ4n) is 2.70. The first kappa shape index (κ1) is 18.7. The third kappa shape index (κ3) is 4.68. The number of hydrogen-bond donors (Lipinski definition) is 1. The van der Waals surface area contributed by atoms with Gasteiger partial charge < -0.3 is 15.1 Å². The molecular weight excluding hydrogens is 423 g/mol. The summed E-state index contributed by atoms with van der Waals surface area (Å²) >= 11 is 1.52. The summed E-state index contributed by atoms with van der Waals surface area (Å²) in [7, 11) is 0. The van der Waals surface area contributed by atoms with Gasteiger partial charge in [-0.2, -0.15) is 4.37 Å². The van der Waals surface area contributed by atoms with Crippen LogP contribution in [0.5, 0.6) is 0 Å². The molecule has 1 aliphatic heterocycles.